The highest BCUT2D eigenvalue weighted by Gasteiger charge is 2.39. The van der Waals surface area contributed by atoms with Gasteiger partial charge in [0.2, 0.25) is 5.82 Å². The third-order valence-corrected chi connectivity index (χ3v) is 2.72. The van der Waals surface area contributed by atoms with E-state index in [1.165, 1.54) is 13.8 Å². The van der Waals surface area contributed by atoms with Crippen molar-refractivity contribution < 1.29 is 33.3 Å². The van der Waals surface area contributed by atoms with Gasteiger partial charge in [-0.2, -0.15) is 4.39 Å². The van der Waals surface area contributed by atoms with Crippen LogP contribution in [-0.4, -0.2) is 22.0 Å². The Morgan fingerprint density at radius 2 is 1.95 bits per heavy atom. The van der Waals surface area contributed by atoms with E-state index in [0.29, 0.717) is 0 Å². The second-order valence-corrected chi connectivity index (χ2v) is 4.59. The van der Waals surface area contributed by atoms with Crippen molar-refractivity contribution in [3.05, 3.63) is 17.4 Å². The number of fused-ring (bicyclic) bond motifs is 3. The Labute approximate surface area is 106 Å². The minimum atomic E-state index is -1.24. The monoisotopic (exact) mass is 268 g/mol. The van der Waals surface area contributed by atoms with E-state index < -0.39 is 29.1 Å². The van der Waals surface area contributed by atoms with Crippen molar-refractivity contribution in [2.45, 2.75) is 19.6 Å². The standard InChI is InChI=1S/C12H9FO6/c1-12(2)18-10(16)6-4-3-5(14)8(15)7(13)9(4)17-11(6)19-12/h3,14-15H,1-2H3. The first kappa shape index (κ1) is 11.6. The number of phenols is 2. The van der Waals surface area contributed by atoms with Crippen molar-refractivity contribution in [2.75, 3.05) is 0 Å². The molecule has 0 fully saturated rings. The van der Waals surface area contributed by atoms with E-state index in [0.717, 1.165) is 6.07 Å². The molecular weight excluding hydrogens is 259 g/mol. The van der Waals surface area contributed by atoms with Gasteiger partial charge in [-0.25, -0.2) is 4.79 Å². The zero-order valence-electron chi connectivity index (χ0n) is 9.98. The fraction of sp³-hybridized carbons (Fsp3) is 0.250. The lowest BCUT2D eigenvalue weighted by Crippen LogP contribution is -2.38. The van der Waals surface area contributed by atoms with Gasteiger partial charge in [-0.1, -0.05) is 0 Å². The molecule has 6 nitrogen and oxygen atoms in total. The summed E-state index contributed by atoms with van der Waals surface area (Å²) in [6.45, 7) is 2.98. The summed E-state index contributed by atoms with van der Waals surface area (Å²) < 4.78 is 29.1. The lowest BCUT2D eigenvalue weighted by atomic mass is 10.1. The number of carbonyl (C=O) groups is 1. The van der Waals surface area contributed by atoms with E-state index in [1.54, 1.807) is 0 Å². The van der Waals surface area contributed by atoms with Crippen molar-refractivity contribution in [3.63, 3.8) is 0 Å². The molecule has 0 spiro atoms. The normalized spacial score (nSPS) is 16.9. The van der Waals surface area contributed by atoms with E-state index in [9.17, 15) is 19.4 Å². The number of cyclic esters (lactones) is 1. The minimum Gasteiger partial charge on any atom is -0.504 e. The van der Waals surface area contributed by atoms with Gasteiger partial charge in [-0.05, 0) is 6.07 Å². The molecule has 2 N–H and O–H groups in total. The average molecular weight is 268 g/mol. The second kappa shape index (κ2) is 3.31. The maximum absolute atomic E-state index is 13.8. The Bertz CT molecular complexity index is 715. The Hall–Kier alpha value is -2.44. The molecule has 100 valence electrons. The van der Waals surface area contributed by atoms with Gasteiger partial charge in [-0.15, -0.1) is 0 Å². The van der Waals surface area contributed by atoms with E-state index in [-0.39, 0.29) is 22.5 Å². The number of aromatic hydroxyl groups is 2. The van der Waals surface area contributed by atoms with Crippen molar-refractivity contribution in [1.82, 2.24) is 0 Å². The van der Waals surface area contributed by atoms with Gasteiger partial charge in [0, 0.05) is 19.2 Å². The molecule has 1 aromatic heterocycles. The van der Waals surface area contributed by atoms with Crippen LogP contribution in [0.2, 0.25) is 0 Å². The summed E-state index contributed by atoms with van der Waals surface area (Å²) in [5.41, 5.74) is -0.501. The molecule has 0 aliphatic carbocycles. The molecule has 1 aliphatic rings. The molecule has 0 unspecified atom stereocenters. The fourth-order valence-corrected chi connectivity index (χ4v) is 1.93. The van der Waals surface area contributed by atoms with Crippen LogP contribution in [0.4, 0.5) is 4.39 Å². The van der Waals surface area contributed by atoms with Crippen LogP contribution in [0.3, 0.4) is 0 Å². The molecule has 0 saturated heterocycles. The molecule has 0 radical (unpaired) electrons. The van der Waals surface area contributed by atoms with Crippen LogP contribution in [0, 0.1) is 5.82 Å². The number of esters is 1. The van der Waals surface area contributed by atoms with Crippen LogP contribution in [0.15, 0.2) is 10.5 Å². The number of furan rings is 1. The lowest BCUT2D eigenvalue weighted by molar-refractivity contribution is -0.136. The number of rotatable bonds is 0. The zero-order valence-corrected chi connectivity index (χ0v) is 9.98. The predicted molar refractivity (Wildman–Crippen MR) is 59.6 cm³/mol. The number of ether oxygens (including phenoxy) is 2. The van der Waals surface area contributed by atoms with Gasteiger partial charge in [0.1, 0.15) is 0 Å². The molecule has 2 aromatic rings. The second-order valence-electron chi connectivity index (χ2n) is 4.59. The van der Waals surface area contributed by atoms with Crippen molar-refractivity contribution in [1.29, 1.82) is 0 Å². The number of hydrogen-bond acceptors (Lipinski definition) is 6. The first-order valence-corrected chi connectivity index (χ1v) is 5.39. The maximum atomic E-state index is 13.8. The van der Waals surface area contributed by atoms with Gasteiger partial charge >= 0.3 is 11.9 Å². The van der Waals surface area contributed by atoms with Gasteiger partial charge in [0.15, 0.2) is 22.6 Å². The van der Waals surface area contributed by atoms with E-state index in [4.69, 9.17) is 13.9 Å². The zero-order chi connectivity index (χ0) is 13.9. The van der Waals surface area contributed by atoms with Crippen LogP contribution in [0.1, 0.15) is 24.2 Å². The largest absolute Gasteiger partial charge is 0.504 e. The van der Waals surface area contributed by atoms with Crippen LogP contribution in [-0.2, 0) is 4.74 Å². The van der Waals surface area contributed by atoms with Crippen molar-refractivity contribution in [2.24, 2.45) is 0 Å². The summed E-state index contributed by atoms with van der Waals surface area (Å²) in [7, 11) is 0. The first-order chi connectivity index (χ1) is 8.80. The van der Waals surface area contributed by atoms with Crippen LogP contribution in [0.25, 0.3) is 11.0 Å². The summed E-state index contributed by atoms with van der Waals surface area (Å²) in [5.74, 6) is -5.02. The minimum absolute atomic E-state index is 0.0247. The Morgan fingerprint density at radius 1 is 1.26 bits per heavy atom. The molecule has 7 heteroatoms. The topological polar surface area (TPSA) is 89.1 Å². The lowest BCUT2D eigenvalue weighted by Gasteiger charge is -2.28. The van der Waals surface area contributed by atoms with Crippen LogP contribution in [0.5, 0.6) is 17.4 Å². The quantitative estimate of drug-likeness (QED) is 0.562. The highest BCUT2D eigenvalue weighted by atomic mass is 19.1. The van der Waals surface area contributed by atoms with Gasteiger partial charge in [0.05, 0.1) is 0 Å². The number of hydrogen-bond donors (Lipinski definition) is 2. The molecule has 19 heavy (non-hydrogen) atoms. The Balaban J connectivity index is 2.36. The third-order valence-electron chi connectivity index (χ3n) is 2.72. The molecule has 0 bridgehead atoms. The van der Waals surface area contributed by atoms with E-state index >= 15 is 0 Å². The summed E-state index contributed by atoms with van der Waals surface area (Å²) in [5, 5.41) is 18.6. The molecule has 0 saturated carbocycles. The predicted octanol–water partition coefficient (Wildman–Crippen LogP) is 2.27. The van der Waals surface area contributed by atoms with Gasteiger partial charge < -0.3 is 24.1 Å². The van der Waals surface area contributed by atoms with Crippen molar-refractivity contribution in [3.8, 4) is 17.4 Å². The number of carbonyl (C=O) groups excluding carboxylic acids is 1. The summed E-state index contributed by atoms with van der Waals surface area (Å²) in [6.07, 6.45) is 0. The molecule has 1 aromatic carbocycles. The highest BCUT2D eigenvalue weighted by molar-refractivity contribution is 6.07. The summed E-state index contributed by atoms with van der Waals surface area (Å²) in [6, 6.07) is 1.01. The first-order valence-electron chi connectivity index (χ1n) is 5.39. The maximum Gasteiger partial charge on any atom is 0.349 e. The number of benzene rings is 1. The molecule has 2 heterocycles. The highest BCUT2D eigenvalue weighted by Crippen LogP contribution is 2.44. The van der Waals surface area contributed by atoms with Gasteiger partial charge in [0.25, 0.3) is 5.79 Å². The summed E-state index contributed by atoms with van der Waals surface area (Å²) >= 11 is 0. The summed E-state index contributed by atoms with van der Waals surface area (Å²) in [4.78, 5) is 11.9. The number of phenolic OH excluding ortho intramolecular Hbond substituents is 2. The molecular formula is C12H9FO6. The fourth-order valence-electron chi connectivity index (χ4n) is 1.93. The van der Waals surface area contributed by atoms with Crippen LogP contribution < -0.4 is 4.74 Å². The Kier molecular flexibility index (Phi) is 2.03. The van der Waals surface area contributed by atoms with E-state index in [2.05, 4.69) is 0 Å². The Morgan fingerprint density at radius 3 is 2.63 bits per heavy atom. The molecule has 0 atom stereocenters. The SMILES string of the molecule is CC1(C)OC(=O)c2c(oc3c(F)c(O)c(O)cc23)O1. The smallest absolute Gasteiger partial charge is 0.349 e. The average Bonchev–Trinajstić information content (AvgIpc) is 2.63. The van der Waals surface area contributed by atoms with E-state index in [1.807, 2.05) is 0 Å². The molecule has 3 rings (SSSR count). The van der Waals surface area contributed by atoms with Crippen LogP contribution >= 0.6 is 0 Å². The van der Waals surface area contributed by atoms with Crippen molar-refractivity contribution >= 4 is 16.9 Å². The molecule has 0 amide bonds. The molecule has 1 aliphatic heterocycles. The number of halogens is 1. The third kappa shape index (κ3) is 1.51. The van der Waals surface area contributed by atoms with Gasteiger partial charge in [-0.3, -0.25) is 0 Å².